The molecule has 2 fully saturated rings. The van der Waals surface area contributed by atoms with E-state index in [4.69, 9.17) is 0 Å². The Kier molecular flexibility index (Phi) is 5.04. The lowest BCUT2D eigenvalue weighted by atomic mass is 9.88. The molecule has 1 heterocycles. The topological polar surface area (TPSA) is 32.3 Å². The van der Waals surface area contributed by atoms with E-state index in [-0.39, 0.29) is 5.92 Å². The van der Waals surface area contributed by atoms with Crippen LogP contribution < -0.4 is 5.32 Å². The third-order valence-electron chi connectivity index (χ3n) is 4.61. The first-order valence-corrected chi connectivity index (χ1v) is 7.65. The first kappa shape index (κ1) is 13.9. The van der Waals surface area contributed by atoms with Crippen molar-refractivity contribution in [2.24, 2.45) is 11.8 Å². The van der Waals surface area contributed by atoms with Gasteiger partial charge in [-0.25, -0.2) is 0 Å². The SMILES string of the molecule is CC1CC(C(=O)N(C)CC2CCCCC2)CCN1. The fourth-order valence-electron chi connectivity index (χ4n) is 3.51. The van der Waals surface area contributed by atoms with Crippen LogP contribution in [0.5, 0.6) is 0 Å². The van der Waals surface area contributed by atoms with E-state index in [0.29, 0.717) is 11.9 Å². The van der Waals surface area contributed by atoms with Crippen molar-refractivity contribution >= 4 is 5.91 Å². The van der Waals surface area contributed by atoms with Gasteiger partial charge in [-0.2, -0.15) is 0 Å². The highest BCUT2D eigenvalue weighted by Crippen LogP contribution is 2.25. The van der Waals surface area contributed by atoms with Crippen molar-refractivity contribution in [1.82, 2.24) is 10.2 Å². The molecule has 1 saturated heterocycles. The van der Waals surface area contributed by atoms with Crippen LogP contribution in [0.4, 0.5) is 0 Å². The zero-order valence-electron chi connectivity index (χ0n) is 12.0. The predicted molar refractivity (Wildman–Crippen MR) is 74.4 cm³/mol. The summed E-state index contributed by atoms with van der Waals surface area (Å²) in [4.78, 5) is 14.4. The van der Waals surface area contributed by atoms with Crippen molar-refractivity contribution < 1.29 is 4.79 Å². The highest BCUT2D eigenvalue weighted by molar-refractivity contribution is 5.78. The summed E-state index contributed by atoms with van der Waals surface area (Å²) in [6, 6.07) is 0.496. The summed E-state index contributed by atoms with van der Waals surface area (Å²) in [5, 5.41) is 3.42. The van der Waals surface area contributed by atoms with Gasteiger partial charge in [-0.1, -0.05) is 19.3 Å². The Hall–Kier alpha value is -0.570. The van der Waals surface area contributed by atoms with Gasteiger partial charge in [0.05, 0.1) is 0 Å². The van der Waals surface area contributed by atoms with Gasteiger partial charge in [0, 0.05) is 25.6 Å². The predicted octanol–water partition coefficient (Wildman–Crippen LogP) is 2.41. The largest absolute Gasteiger partial charge is 0.345 e. The summed E-state index contributed by atoms with van der Waals surface area (Å²) >= 11 is 0. The minimum atomic E-state index is 0.259. The monoisotopic (exact) mass is 252 g/mol. The Morgan fingerprint density at radius 1 is 1.22 bits per heavy atom. The highest BCUT2D eigenvalue weighted by atomic mass is 16.2. The average Bonchev–Trinajstić information content (AvgIpc) is 2.39. The van der Waals surface area contributed by atoms with E-state index in [9.17, 15) is 4.79 Å². The molecule has 0 aromatic carbocycles. The number of carbonyl (C=O) groups excluding carboxylic acids is 1. The van der Waals surface area contributed by atoms with Crippen LogP contribution in [0.3, 0.4) is 0 Å². The van der Waals surface area contributed by atoms with Crippen LogP contribution in [0.15, 0.2) is 0 Å². The van der Waals surface area contributed by atoms with E-state index < -0.39 is 0 Å². The van der Waals surface area contributed by atoms with E-state index in [1.807, 2.05) is 11.9 Å². The molecule has 2 unspecified atom stereocenters. The van der Waals surface area contributed by atoms with Crippen molar-refractivity contribution in [2.75, 3.05) is 20.1 Å². The second-order valence-corrected chi connectivity index (χ2v) is 6.30. The molecule has 0 aromatic heterocycles. The van der Waals surface area contributed by atoms with Crippen molar-refractivity contribution in [2.45, 2.75) is 57.9 Å². The molecule has 1 N–H and O–H groups in total. The summed E-state index contributed by atoms with van der Waals surface area (Å²) in [5.74, 6) is 1.40. The fraction of sp³-hybridized carbons (Fsp3) is 0.933. The molecule has 1 amide bonds. The van der Waals surface area contributed by atoms with E-state index in [1.54, 1.807) is 0 Å². The van der Waals surface area contributed by atoms with Crippen molar-refractivity contribution in [3.8, 4) is 0 Å². The Morgan fingerprint density at radius 3 is 2.61 bits per heavy atom. The number of hydrogen-bond acceptors (Lipinski definition) is 2. The molecule has 3 heteroatoms. The molecule has 0 spiro atoms. The smallest absolute Gasteiger partial charge is 0.225 e. The number of nitrogens with zero attached hydrogens (tertiary/aromatic N) is 1. The number of amides is 1. The van der Waals surface area contributed by atoms with Gasteiger partial charge in [0.1, 0.15) is 0 Å². The molecule has 2 rings (SSSR count). The standard InChI is InChI=1S/C15H28N2O/c1-12-10-14(8-9-16-12)15(18)17(2)11-13-6-4-3-5-7-13/h12-14,16H,3-11H2,1-2H3. The summed E-state index contributed by atoms with van der Waals surface area (Å²) in [5.41, 5.74) is 0. The summed E-state index contributed by atoms with van der Waals surface area (Å²) in [6.45, 7) is 4.16. The molecular weight excluding hydrogens is 224 g/mol. The normalized spacial score (nSPS) is 30.1. The van der Waals surface area contributed by atoms with Crippen LogP contribution in [0, 0.1) is 11.8 Å². The number of carbonyl (C=O) groups is 1. The minimum absolute atomic E-state index is 0.259. The van der Waals surface area contributed by atoms with Gasteiger partial charge in [0.15, 0.2) is 0 Å². The molecule has 18 heavy (non-hydrogen) atoms. The maximum Gasteiger partial charge on any atom is 0.225 e. The maximum absolute atomic E-state index is 12.4. The second kappa shape index (κ2) is 6.55. The van der Waals surface area contributed by atoms with Gasteiger partial charge in [0.2, 0.25) is 5.91 Å². The van der Waals surface area contributed by atoms with Crippen LogP contribution in [-0.2, 0) is 4.79 Å². The first-order valence-electron chi connectivity index (χ1n) is 7.65. The Morgan fingerprint density at radius 2 is 1.94 bits per heavy atom. The molecular formula is C15H28N2O. The van der Waals surface area contributed by atoms with Crippen molar-refractivity contribution in [3.05, 3.63) is 0 Å². The molecule has 1 saturated carbocycles. The number of piperidine rings is 1. The highest BCUT2D eigenvalue weighted by Gasteiger charge is 2.28. The zero-order valence-corrected chi connectivity index (χ0v) is 12.0. The lowest BCUT2D eigenvalue weighted by Crippen LogP contribution is -2.44. The Balaban J connectivity index is 1.79. The summed E-state index contributed by atoms with van der Waals surface area (Å²) < 4.78 is 0. The average molecular weight is 252 g/mol. The number of rotatable bonds is 3. The number of nitrogens with one attached hydrogen (secondary N) is 1. The van der Waals surface area contributed by atoms with Crippen molar-refractivity contribution in [3.63, 3.8) is 0 Å². The van der Waals surface area contributed by atoms with Gasteiger partial charge in [-0.05, 0) is 45.1 Å². The Labute approximate surface area is 111 Å². The lowest BCUT2D eigenvalue weighted by molar-refractivity contribution is -0.136. The quantitative estimate of drug-likeness (QED) is 0.836. The number of hydrogen-bond donors (Lipinski definition) is 1. The van der Waals surface area contributed by atoms with Gasteiger partial charge in [-0.15, -0.1) is 0 Å². The fourth-order valence-corrected chi connectivity index (χ4v) is 3.51. The van der Waals surface area contributed by atoms with Crippen LogP contribution in [0.25, 0.3) is 0 Å². The van der Waals surface area contributed by atoms with E-state index in [1.165, 1.54) is 32.1 Å². The molecule has 0 bridgehead atoms. The maximum atomic E-state index is 12.4. The van der Waals surface area contributed by atoms with E-state index >= 15 is 0 Å². The lowest BCUT2D eigenvalue weighted by Gasteiger charge is -2.33. The third-order valence-corrected chi connectivity index (χ3v) is 4.61. The van der Waals surface area contributed by atoms with Crippen LogP contribution in [0.2, 0.25) is 0 Å². The zero-order chi connectivity index (χ0) is 13.0. The first-order chi connectivity index (χ1) is 8.66. The van der Waals surface area contributed by atoms with Crippen LogP contribution in [0.1, 0.15) is 51.9 Å². The summed E-state index contributed by atoms with van der Waals surface area (Å²) in [7, 11) is 2.00. The minimum Gasteiger partial charge on any atom is -0.345 e. The van der Waals surface area contributed by atoms with Gasteiger partial charge in [0.25, 0.3) is 0 Å². The van der Waals surface area contributed by atoms with Gasteiger partial charge in [-0.3, -0.25) is 4.79 Å². The van der Waals surface area contributed by atoms with E-state index in [2.05, 4.69) is 12.2 Å². The molecule has 104 valence electrons. The Bertz CT molecular complexity index is 274. The second-order valence-electron chi connectivity index (χ2n) is 6.30. The molecule has 2 aliphatic rings. The van der Waals surface area contributed by atoms with E-state index in [0.717, 1.165) is 31.8 Å². The van der Waals surface area contributed by atoms with Crippen molar-refractivity contribution in [1.29, 1.82) is 0 Å². The molecule has 0 radical (unpaired) electrons. The molecule has 3 nitrogen and oxygen atoms in total. The molecule has 2 atom stereocenters. The van der Waals surface area contributed by atoms with Crippen LogP contribution >= 0.6 is 0 Å². The van der Waals surface area contributed by atoms with Crippen LogP contribution in [-0.4, -0.2) is 37.0 Å². The molecule has 1 aliphatic heterocycles. The van der Waals surface area contributed by atoms with Gasteiger partial charge < -0.3 is 10.2 Å². The summed E-state index contributed by atoms with van der Waals surface area (Å²) in [6.07, 6.45) is 8.76. The van der Waals surface area contributed by atoms with Gasteiger partial charge >= 0.3 is 0 Å². The third kappa shape index (κ3) is 3.71. The molecule has 1 aliphatic carbocycles. The molecule has 0 aromatic rings.